The van der Waals surface area contributed by atoms with Crippen LogP contribution in [0.4, 0.5) is 0 Å². The minimum atomic E-state index is 0.258. The van der Waals surface area contributed by atoms with Crippen molar-refractivity contribution in [2.75, 3.05) is 0 Å². The Bertz CT molecular complexity index is 5780. The van der Waals surface area contributed by atoms with Crippen LogP contribution in [0.25, 0.3) is 144 Å². The van der Waals surface area contributed by atoms with E-state index < -0.39 is 0 Å². The van der Waals surface area contributed by atoms with Crippen LogP contribution in [0.5, 0.6) is 0 Å². The summed E-state index contributed by atoms with van der Waals surface area (Å²) in [6, 6.07) is 89.9. The van der Waals surface area contributed by atoms with E-state index in [0.29, 0.717) is 67.8 Å². The summed E-state index contributed by atoms with van der Waals surface area (Å²) < 4.78 is 8.92. The van der Waals surface area contributed by atoms with Crippen LogP contribution in [0, 0.1) is 56.7 Å². The van der Waals surface area contributed by atoms with Gasteiger partial charge in [0, 0.05) is 59.8 Å². The van der Waals surface area contributed by atoms with Crippen molar-refractivity contribution in [1.82, 2.24) is 28.2 Å². The zero-order valence-electron chi connectivity index (χ0n) is 45.4. The third-order valence-corrected chi connectivity index (χ3v) is 16.7. The van der Waals surface area contributed by atoms with E-state index in [9.17, 15) is 26.3 Å². The molecule has 0 unspecified atom stereocenters. The number of para-hydroxylation sites is 4. The maximum Gasteiger partial charge on any atom is 0.160 e. The molecule has 0 amide bonds. The molecule has 0 aliphatic rings. The lowest BCUT2D eigenvalue weighted by molar-refractivity contribution is 1.02. The van der Waals surface area contributed by atoms with Crippen LogP contribution < -0.4 is 0 Å². The van der Waals surface area contributed by atoms with Crippen LogP contribution in [0.15, 0.2) is 237 Å². The third kappa shape index (κ3) is 7.16. The first-order valence-corrected chi connectivity index (χ1v) is 27.9. The molecule has 0 spiro atoms. The zero-order valence-corrected chi connectivity index (χ0v) is 45.4. The van der Waals surface area contributed by atoms with Crippen molar-refractivity contribution in [3.05, 3.63) is 264 Å². The fraction of sp³-hybridized carbons (Fsp3) is 0. The summed E-state index contributed by atoms with van der Waals surface area (Å²) >= 11 is 0. The van der Waals surface area contributed by atoms with E-state index in [2.05, 4.69) is 97.1 Å². The van der Waals surface area contributed by atoms with E-state index in [1.165, 1.54) is 0 Å². The fourth-order valence-corrected chi connectivity index (χ4v) is 13.1. The van der Waals surface area contributed by atoms with Crippen LogP contribution in [0.3, 0.4) is 0 Å². The second-order valence-electron chi connectivity index (χ2n) is 21.2. The number of hydrogen-bond acceptors (Lipinski definition) is 7. The standard InChI is InChI=1S/C75H39N11/c76-40-45-27-31-66-55(35-45)51-19-7-11-23-62(51)83(66)71-59(44-80)70(61-39-60(49-15-3-1-4-16-49)81-75(82-61)50-17-5-2-6-18-50)72(84-63-24-12-8-20-52(63)56-36-46(41-77)28-32-67(56)84)74(86-65-26-14-10-22-54(65)58-38-48(43-79)30-34-69(58)86)73(71)85-64-25-13-9-21-53(64)57-37-47(42-78)29-33-68(57)85/h1-39H. The highest BCUT2D eigenvalue weighted by Crippen LogP contribution is 2.52. The number of hydrogen-bond donors (Lipinski definition) is 0. The molecular weight excluding hydrogens is 1050 g/mol. The number of nitrogens with zero attached hydrogens (tertiary/aromatic N) is 11. The molecule has 0 fully saturated rings. The van der Waals surface area contributed by atoms with E-state index in [1.807, 2.05) is 188 Å². The third-order valence-electron chi connectivity index (χ3n) is 16.7. The van der Waals surface area contributed by atoms with E-state index in [4.69, 9.17) is 9.97 Å². The summed E-state index contributed by atoms with van der Waals surface area (Å²) in [5, 5.41) is 62.1. The summed E-state index contributed by atoms with van der Waals surface area (Å²) in [5.74, 6) is 0.433. The predicted octanol–water partition coefficient (Wildman–Crippen LogP) is 17.2. The molecule has 11 nitrogen and oxygen atoms in total. The van der Waals surface area contributed by atoms with Gasteiger partial charge in [-0.05, 0) is 103 Å². The van der Waals surface area contributed by atoms with Crippen LogP contribution >= 0.6 is 0 Å². The lowest BCUT2D eigenvalue weighted by Gasteiger charge is -2.29. The van der Waals surface area contributed by atoms with E-state index in [-0.39, 0.29) is 5.56 Å². The van der Waals surface area contributed by atoms with Gasteiger partial charge in [0.2, 0.25) is 0 Å². The molecule has 86 heavy (non-hydrogen) atoms. The van der Waals surface area contributed by atoms with E-state index in [1.54, 1.807) is 0 Å². The molecule has 0 radical (unpaired) electrons. The lowest BCUT2D eigenvalue weighted by Crippen LogP contribution is -2.17. The zero-order chi connectivity index (χ0) is 57.7. The van der Waals surface area contributed by atoms with Crippen molar-refractivity contribution in [2.45, 2.75) is 0 Å². The Labute approximate surface area is 490 Å². The molecule has 5 heterocycles. The van der Waals surface area contributed by atoms with E-state index >= 15 is 0 Å². The number of benzene rings is 11. The number of rotatable bonds is 7. The number of fused-ring (bicyclic) bond motifs is 12. The van der Waals surface area contributed by atoms with Crippen LogP contribution in [0.1, 0.15) is 27.8 Å². The Balaban J connectivity index is 1.28. The van der Waals surface area contributed by atoms with Gasteiger partial charge in [-0.25, -0.2) is 9.97 Å². The smallest absolute Gasteiger partial charge is 0.160 e. The quantitative estimate of drug-likeness (QED) is 0.153. The first-order valence-electron chi connectivity index (χ1n) is 27.9. The lowest BCUT2D eigenvalue weighted by atomic mass is 9.94. The van der Waals surface area contributed by atoms with Crippen molar-refractivity contribution < 1.29 is 0 Å². The van der Waals surface area contributed by atoms with Crippen LogP contribution in [0.2, 0.25) is 0 Å². The molecule has 0 aliphatic carbocycles. The maximum atomic E-state index is 13.0. The van der Waals surface area contributed by atoms with Crippen molar-refractivity contribution >= 4 is 87.2 Å². The van der Waals surface area contributed by atoms with Gasteiger partial charge in [-0.1, -0.05) is 133 Å². The topological polar surface area (TPSA) is 164 Å². The molecule has 0 atom stereocenters. The molecular formula is C75H39N11. The van der Waals surface area contributed by atoms with Crippen LogP contribution in [-0.4, -0.2) is 28.2 Å². The summed E-state index contributed by atoms with van der Waals surface area (Å²) in [6.07, 6.45) is 0. The van der Waals surface area contributed by atoms with Gasteiger partial charge >= 0.3 is 0 Å². The van der Waals surface area contributed by atoms with Gasteiger partial charge in [0.25, 0.3) is 0 Å². The summed E-state index contributed by atoms with van der Waals surface area (Å²) in [5.41, 5.74) is 13.8. The van der Waals surface area contributed by atoms with Crippen molar-refractivity contribution in [3.8, 4) is 87.0 Å². The highest BCUT2D eigenvalue weighted by molar-refractivity contribution is 6.17. The molecule has 16 rings (SSSR count). The Morgan fingerprint density at radius 3 is 0.953 bits per heavy atom. The van der Waals surface area contributed by atoms with Gasteiger partial charge in [0.05, 0.1) is 130 Å². The molecule has 0 N–H and O–H groups in total. The number of nitriles is 5. The molecule has 11 heteroatoms. The highest BCUT2D eigenvalue weighted by atomic mass is 15.1. The number of aromatic nitrogens is 6. The molecule has 11 aromatic carbocycles. The Morgan fingerprint density at radius 1 is 0.256 bits per heavy atom. The normalized spacial score (nSPS) is 11.4. The van der Waals surface area contributed by atoms with Gasteiger partial charge in [0.15, 0.2) is 5.82 Å². The molecule has 0 bridgehead atoms. The average Bonchev–Trinajstić information content (AvgIpc) is 1.44. The largest absolute Gasteiger partial charge is 0.306 e. The van der Waals surface area contributed by atoms with Crippen molar-refractivity contribution in [2.24, 2.45) is 0 Å². The Kier molecular flexibility index (Phi) is 10.9. The molecule has 0 saturated carbocycles. The van der Waals surface area contributed by atoms with Crippen LogP contribution in [-0.2, 0) is 0 Å². The van der Waals surface area contributed by atoms with E-state index in [0.717, 1.165) is 98.4 Å². The molecule has 16 aromatic rings. The average molecular weight is 1090 g/mol. The first kappa shape index (κ1) is 49.0. The minimum Gasteiger partial charge on any atom is -0.306 e. The molecule has 5 aromatic heterocycles. The van der Waals surface area contributed by atoms with Crippen molar-refractivity contribution in [3.63, 3.8) is 0 Å². The highest BCUT2D eigenvalue weighted by Gasteiger charge is 2.36. The fourth-order valence-electron chi connectivity index (χ4n) is 13.1. The predicted molar refractivity (Wildman–Crippen MR) is 339 cm³/mol. The van der Waals surface area contributed by atoms with Gasteiger partial charge in [-0.3, -0.25) is 0 Å². The van der Waals surface area contributed by atoms with Gasteiger partial charge in [0.1, 0.15) is 6.07 Å². The van der Waals surface area contributed by atoms with Gasteiger partial charge in [-0.2, -0.15) is 26.3 Å². The summed E-state index contributed by atoms with van der Waals surface area (Å²) in [6.45, 7) is 0. The first-order chi connectivity index (χ1) is 42.5. The minimum absolute atomic E-state index is 0.258. The molecule has 394 valence electrons. The summed E-state index contributed by atoms with van der Waals surface area (Å²) in [7, 11) is 0. The Morgan fingerprint density at radius 2 is 0.570 bits per heavy atom. The second-order valence-corrected chi connectivity index (χ2v) is 21.2. The van der Waals surface area contributed by atoms with Crippen molar-refractivity contribution in [1.29, 1.82) is 26.3 Å². The second kappa shape index (κ2) is 19.1. The Hall–Kier alpha value is -12.9. The summed E-state index contributed by atoms with van der Waals surface area (Å²) in [4.78, 5) is 11.0. The SMILES string of the molecule is N#Cc1ccc2c(c1)c1ccccc1n2-c1c(C#N)c(-c2cc(-c3ccccc3)nc(-c3ccccc3)n2)c(-n2c3ccccc3c3cc(C#N)ccc32)c(-n2c3ccccc3c3cc(C#N)ccc32)c1-n1c2ccccc2c2cc(C#N)ccc21. The molecule has 0 aliphatic heterocycles. The van der Waals surface area contributed by atoms with Gasteiger partial charge < -0.3 is 18.3 Å². The molecule has 0 saturated heterocycles. The monoisotopic (exact) mass is 1090 g/mol. The maximum absolute atomic E-state index is 13.0. The van der Waals surface area contributed by atoms with Gasteiger partial charge in [-0.15, -0.1) is 0 Å².